The number of carbonyl (C=O) groups is 1. The molecule has 0 bridgehead atoms. The molecule has 5 heteroatoms. The van der Waals surface area contributed by atoms with E-state index in [1.54, 1.807) is 18.2 Å². The Morgan fingerprint density at radius 3 is 2.65 bits per heavy atom. The van der Waals surface area contributed by atoms with Crippen molar-refractivity contribution < 1.29 is 19.4 Å². The number of rotatable bonds is 5. The number of benzene rings is 1. The number of hydrogen-bond donors (Lipinski definition) is 1. The maximum absolute atomic E-state index is 10.7. The molecule has 5 nitrogen and oxygen atoms in total. The van der Waals surface area contributed by atoms with Gasteiger partial charge in [0.1, 0.15) is 11.5 Å². The lowest BCUT2D eigenvalue weighted by atomic mass is 9.96. The van der Waals surface area contributed by atoms with Gasteiger partial charge in [0.2, 0.25) is 0 Å². The summed E-state index contributed by atoms with van der Waals surface area (Å²) in [7, 11) is 2.98. The minimum Gasteiger partial charge on any atom is -0.497 e. The Morgan fingerprint density at radius 2 is 2.18 bits per heavy atom. The number of carboxylic acids is 1. The van der Waals surface area contributed by atoms with Crippen LogP contribution < -0.4 is 9.47 Å². The Kier molecular flexibility index (Phi) is 4.35. The molecule has 0 aliphatic heterocycles. The van der Waals surface area contributed by atoms with Gasteiger partial charge in [0.15, 0.2) is 0 Å². The van der Waals surface area contributed by atoms with Gasteiger partial charge in [-0.3, -0.25) is 4.79 Å². The molecule has 0 heterocycles. The zero-order chi connectivity index (χ0) is 12.8. The molecule has 0 saturated carbocycles. The third-order valence-corrected chi connectivity index (χ3v) is 2.35. The van der Waals surface area contributed by atoms with E-state index in [0.717, 1.165) is 0 Å². The zero-order valence-corrected chi connectivity index (χ0v) is 9.64. The SMILES string of the molecule is COc1ccc(OC)c(C(C#N)CC(=O)O)c1. The van der Waals surface area contributed by atoms with Crippen LogP contribution in [0.5, 0.6) is 11.5 Å². The van der Waals surface area contributed by atoms with E-state index in [4.69, 9.17) is 19.8 Å². The van der Waals surface area contributed by atoms with Gasteiger partial charge in [-0.05, 0) is 18.2 Å². The van der Waals surface area contributed by atoms with Crippen molar-refractivity contribution in [1.29, 1.82) is 5.26 Å². The summed E-state index contributed by atoms with van der Waals surface area (Å²) in [6, 6.07) is 6.93. The first-order valence-electron chi connectivity index (χ1n) is 4.95. The summed E-state index contributed by atoms with van der Waals surface area (Å²) in [5.74, 6) is -0.732. The Bertz CT molecular complexity index is 450. The van der Waals surface area contributed by atoms with Gasteiger partial charge in [-0.1, -0.05) is 0 Å². The van der Waals surface area contributed by atoms with Crippen molar-refractivity contribution in [2.24, 2.45) is 0 Å². The van der Waals surface area contributed by atoms with Gasteiger partial charge in [0.05, 0.1) is 32.6 Å². The van der Waals surface area contributed by atoms with Crippen LogP contribution in [-0.4, -0.2) is 25.3 Å². The van der Waals surface area contributed by atoms with Crippen LogP contribution >= 0.6 is 0 Å². The third kappa shape index (κ3) is 3.11. The van der Waals surface area contributed by atoms with Crippen LogP contribution in [0.3, 0.4) is 0 Å². The molecule has 90 valence electrons. The average Bonchev–Trinajstić information content (AvgIpc) is 2.34. The molecule has 1 unspecified atom stereocenters. The normalized spacial score (nSPS) is 11.4. The lowest BCUT2D eigenvalue weighted by Gasteiger charge is -2.13. The number of aliphatic carboxylic acids is 1. The van der Waals surface area contributed by atoms with Crippen LogP contribution in [0, 0.1) is 11.3 Å². The molecule has 0 spiro atoms. The number of hydrogen-bond acceptors (Lipinski definition) is 4. The molecule has 0 fully saturated rings. The molecule has 0 aromatic heterocycles. The summed E-state index contributed by atoms with van der Waals surface area (Å²) >= 11 is 0. The molecule has 1 atom stereocenters. The second-order valence-corrected chi connectivity index (χ2v) is 3.39. The summed E-state index contributed by atoms with van der Waals surface area (Å²) < 4.78 is 10.2. The second-order valence-electron chi connectivity index (χ2n) is 3.39. The van der Waals surface area contributed by atoms with E-state index in [1.165, 1.54) is 14.2 Å². The highest BCUT2D eigenvalue weighted by atomic mass is 16.5. The maximum Gasteiger partial charge on any atom is 0.305 e. The largest absolute Gasteiger partial charge is 0.497 e. The van der Waals surface area contributed by atoms with Gasteiger partial charge in [0.25, 0.3) is 0 Å². The van der Waals surface area contributed by atoms with Crippen molar-refractivity contribution in [1.82, 2.24) is 0 Å². The van der Waals surface area contributed by atoms with Crippen LogP contribution in [0.1, 0.15) is 17.9 Å². The van der Waals surface area contributed by atoms with Gasteiger partial charge < -0.3 is 14.6 Å². The molecule has 1 aromatic rings. The molecule has 0 amide bonds. The smallest absolute Gasteiger partial charge is 0.305 e. The third-order valence-electron chi connectivity index (χ3n) is 2.35. The minimum atomic E-state index is -1.03. The fourth-order valence-corrected chi connectivity index (χ4v) is 1.51. The van der Waals surface area contributed by atoms with Crippen LogP contribution in [0.15, 0.2) is 18.2 Å². The van der Waals surface area contributed by atoms with Crippen molar-refractivity contribution in [3.8, 4) is 17.6 Å². The molecule has 0 saturated heterocycles. The summed E-state index contributed by atoms with van der Waals surface area (Å²) in [4.78, 5) is 10.7. The predicted octanol–water partition coefficient (Wildman–Crippen LogP) is 1.79. The van der Waals surface area contributed by atoms with E-state index >= 15 is 0 Å². The molecular formula is C12H13NO4. The van der Waals surface area contributed by atoms with Crippen LogP contribution in [0.25, 0.3) is 0 Å². The van der Waals surface area contributed by atoms with Gasteiger partial charge in [-0.2, -0.15) is 5.26 Å². The highest BCUT2D eigenvalue weighted by Crippen LogP contribution is 2.32. The molecule has 1 rings (SSSR count). The Labute approximate surface area is 99.2 Å². The Balaban J connectivity index is 3.15. The predicted molar refractivity (Wildman–Crippen MR) is 60.2 cm³/mol. The average molecular weight is 235 g/mol. The maximum atomic E-state index is 10.7. The van der Waals surface area contributed by atoms with E-state index in [2.05, 4.69) is 0 Å². The lowest BCUT2D eigenvalue weighted by Crippen LogP contribution is -2.06. The van der Waals surface area contributed by atoms with Crippen LogP contribution in [0.2, 0.25) is 0 Å². The quantitative estimate of drug-likeness (QED) is 0.841. The summed E-state index contributed by atoms with van der Waals surface area (Å²) in [6.07, 6.45) is -0.264. The van der Waals surface area contributed by atoms with Crippen molar-refractivity contribution in [2.45, 2.75) is 12.3 Å². The van der Waals surface area contributed by atoms with E-state index in [0.29, 0.717) is 17.1 Å². The highest BCUT2D eigenvalue weighted by molar-refractivity contribution is 5.69. The Hall–Kier alpha value is -2.22. The number of nitrogens with zero attached hydrogens (tertiary/aromatic N) is 1. The van der Waals surface area contributed by atoms with E-state index in [9.17, 15) is 4.79 Å². The van der Waals surface area contributed by atoms with Crippen molar-refractivity contribution in [3.05, 3.63) is 23.8 Å². The molecule has 1 aromatic carbocycles. The second kappa shape index (κ2) is 5.75. The summed E-state index contributed by atoms with van der Waals surface area (Å²) in [6.45, 7) is 0. The van der Waals surface area contributed by atoms with Gasteiger partial charge >= 0.3 is 5.97 Å². The van der Waals surface area contributed by atoms with Gasteiger partial charge in [-0.25, -0.2) is 0 Å². The van der Waals surface area contributed by atoms with Crippen LogP contribution in [-0.2, 0) is 4.79 Å². The van der Waals surface area contributed by atoms with E-state index in [1.807, 2.05) is 6.07 Å². The molecular weight excluding hydrogens is 222 g/mol. The molecule has 0 aliphatic rings. The fourth-order valence-electron chi connectivity index (χ4n) is 1.51. The highest BCUT2D eigenvalue weighted by Gasteiger charge is 2.19. The van der Waals surface area contributed by atoms with Gasteiger partial charge in [0, 0.05) is 5.56 Å². The van der Waals surface area contributed by atoms with Crippen molar-refractivity contribution >= 4 is 5.97 Å². The number of nitriles is 1. The van der Waals surface area contributed by atoms with Crippen molar-refractivity contribution in [3.63, 3.8) is 0 Å². The molecule has 0 aliphatic carbocycles. The van der Waals surface area contributed by atoms with E-state index in [-0.39, 0.29) is 6.42 Å². The number of ether oxygens (including phenoxy) is 2. The first kappa shape index (κ1) is 12.8. The minimum absolute atomic E-state index is 0.264. The monoisotopic (exact) mass is 235 g/mol. The van der Waals surface area contributed by atoms with E-state index < -0.39 is 11.9 Å². The van der Waals surface area contributed by atoms with Crippen LogP contribution in [0.4, 0.5) is 0 Å². The summed E-state index contributed by atoms with van der Waals surface area (Å²) in [5, 5.41) is 17.7. The molecule has 0 radical (unpaired) electrons. The number of carboxylic acid groups (broad SMARTS) is 1. The molecule has 1 N–H and O–H groups in total. The topological polar surface area (TPSA) is 79.5 Å². The fraction of sp³-hybridized carbons (Fsp3) is 0.333. The molecule has 17 heavy (non-hydrogen) atoms. The number of methoxy groups -OCH3 is 2. The zero-order valence-electron chi connectivity index (χ0n) is 9.64. The first-order chi connectivity index (χ1) is 8.12. The summed E-state index contributed by atoms with van der Waals surface area (Å²) in [5.41, 5.74) is 0.525. The lowest BCUT2D eigenvalue weighted by molar-refractivity contribution is -0.137. The van der Waals surface area contributed by atoms with Gasteiger partial charge in [-0.15, -0.1) is 0 Å². The first-order valence-corrected chi connectivity index (χ1v) is 4.95. The van der Waals surface area contributed by atoms with Crippen molar-refractivity contribution in [2.75, 3.05) is 14.2 Å². The Morgan fingerprint density at radius 1 is 1.47 bits per heavy atom. The standard InChI is InChI=1S/C12H13NO4/c1-16-9-3-4-11(17-2)10(6-9)8(7-13)5-12(14)15/h3-4,6,8H,5H2,1-2H3,(H,14,15).